The molecule has 2 rings (SSSR count). The molecule has 0 amide bonds. The van der Waals surface area contributed by atoms with Gasteiger partial charge in [-0.05, 0) is 62.7 Å². The molecule has 0 atom stereocenters. The van der Waals surface area contributed by atoms with Crippen molar-refractivity contribution in [3.63, 3.8) is 0 Å². The van der Waals surface area contributed by atoms with Crippen molar-refractivity contribution in [3.05, 3.63) is 0 Å². The second kappa shape index (κ2) is 14.9. The van der Waals surface area contributed by atoms with E-state index in [9.17, 15) is 0 Å². The summed E-state index contributed by atoms with van der Waals surface area (Å²) in [6, 6.07) is 0. The third kappa shape index (κ3) is 64.8. The summed E-state index contributed by atoms with van der Waals surface area (Å²) in [4.78, 5) is 0. The molecule has 3 heteroatoms. The van der Waals surface area contributed by atoms with Crippen molar-refractivity contribution in [2.75, 3.05) is 26.2 Å². The van der Waals surface area contributed by atoms with Gasteiger partial charge in [-0.2, -0.15) is 0 Å². The lowest BCUT2D eigenvalue weighted by Gasteiger charge is -2.05. The van der Waals surface area contributed by atoms with Crippen LogP contribution in [0.3, 0.4) is 0 Å². The van der Waals surface area contributed by atoms with E-state index in [4.69, 9.17) is 0 Å². The van der Waals surface area contributed by atoms with Gasteiger partial charge >= 0.3 is 0 Å². The molecule has 2 aliphatic rings. The number of nitrogens with one attached hydrogen (secondary N) is 2. The fourth-order valence-corrected chi connectivity index (χ4v) is 1.25. The van der Waals surface area contributed by atoms with E-state index in [1.807, 2.05) is 0 Å². The van der Waals surface area contributed by atoms with E-state index >= 15 is 0 Å². The lowest BCUT2D eigenvalue weighted by atomic mass is 10.0. The van der Waals surface area contributed by atoms with Crippen LogP contribution in [-0.2, 0) is 0 Å². The second-order valence-electron chi connectivity index (χ2n) is 8.91. The molecule has 2 N–H and O–H groups in total. The monoisotopic (exact) mass is 297 g/mol. The zero-order chi connectivity index (χ0) is 16.1. The molecule has 0 aromatic heterocycles. The predicted octanol–water partition coefficient (Wildman–Crippen LogP) is 4.46. The van der Waals surface area contributed by atoms with Gasteiger partial charge in [0.25, 0.3) is 0 Å². The van der Waals surface area contributed by atoms with Crippen LogP contribution in [0.2, 0.25) is 0 Å². The van der Waals surface area contributed by atoms with Crippen molar-refractivity contribution in [3.8, 4) is 0 Å². The molecule has 2 saturated heterocycles. The van der Waals surface area contributed by atoms with Gasteiger partial charge in [-0.3, -0.25) is 0 Å². The van der Waals surface area contributed by atoms with E-state index in [0.29, 0.717) is 10.8 Å². The molecule has 0 aromatic rings. The Bertz CT molecular complexity index is 135. The van der Waals surface area contributed by atoms with Crippen LogP contribution in [0.25, 0.3) is 0 Å². The Balaban J connectivity index is -0.000000202. The molecule has 2 nitrogen and oxygen atoms in total. The Hall–Kier alpha value is -0.0151. The minimum atomic E-state index is 0. The van der Waals surface area contributed by atoms with Crippen molar-refractivity contribution >= 4 is 8.41 Å². The van der Waals surface area contributed by atoms with Gasteiger partial charge in [-0.25, -0.2) is 0 Å². The van der Waals surface area contributed by atoms with Crippen LogP contribution in [0.15, 0.2) is 0 Å². The highest BCUT2D eigenvalue weighted by molar-refractivity contribution is 5.75. The highest BCUT2D eigenvalue weighted by Gasteiger charge is 1.96. The summed E-state index contributed by atoms with van der Waals surface area (Å²) < 4.78 is 0. The van der Waals surface area contributed by atoms with Crippen molar-refractivity contribution in [2.45, 2.75) is 81.1 Å². The average Bonchev–Trinajstić information content (AvgIpc) is 2.92. The molecule has 2 heterocycles. The SMILES string of the molecule is C1CCNC1.C1CCNC1.CC(C)(C)C.CC(C)(C)C.[B]. The summed E-state index contributed by atoms with van der Waals surface area (Å²) in [5.74, 6) is 0. The summed E-state index contributed by atoms with van der Waals surface area (Å²) in [7, 11) is 0. The molecule has 2 aliphatic heterocycles. The van der Waals surface area contributed by atoms with E-state index in [1.165, 1.54) is 51.9 Å². The maximum atomic E-state index is 3.22. The average molecular weight is 297 g/mol. The topological polar surface area (TPSA) is 24.1 Å². The summed E-state index contributed by atoms with van der Waals surface area (Å²) in [5, 5.41) is 6.44. The van der Waals surface area contributed by atoms with Crippen LogP contribution >= 0.6 is 0 Å². The van der Waals surface area contributed by atoms with Gasteiger partial charge in [0.05, 0.1) is 0 Å². The smallest absolute Gasteiger partial charge is 0 e. The molecule has 3 radical (unpaired) electrons. The molecule has 0 bridgehead atoms. The zero-order valence-corrected chi connectivity index (χ0v) is 16.2. The summed E-state index contributed by atoms with van der Waals surface area (Å²) >= 11 is 0. The van der Waals surface area contributed by atoms with Crippen LogP contribution in [0.5, 0.6) is 0 Å². The molecule has 0 saturated carbocycles. The first-order valence-electron chi connectivity index (χ1n) is 8.41. The standard InChI is InChI=1S/2C5H12.2C4H9N.B/c2*1-5(2,3)4;2*1-2-4-5-3-1;/h2*1-4H3;2*5H,1-4H2;. The maximum absolute atomic E-state index is 3.22. The Morgan fingerprint density at radius 2 is 0.619 bits per heavy atom. The Labute approximate surface area is 137 Å². The largest absolute Gasteiger partial charge is 0.317 e. The number of hydrogen-bond donors (Lipinski definition) is 2. The third-order valence-corrected chi connectivity index (χ3v) is 1.91. The maximum Gasteiger partial charge on any atom is 0 e. The lowest BCUT2D eigenvalue weighted by Crippen LogP contribution is -2.03. The van der Waals surface area contributed by atoms with Gasteiger partial charge in [0.15, 0.2) is 0 Å². The predicted molar refractivity (Wildman–Crippen MR) is 100 cm³/mol. The second-order valence-corrected chi connectivity index (χ2v) is 8.91. The molecular weight excluding hydrogens is 255 g/mol. The van der Waals surface area contributed by atoms with Crippen LogP contribution in [0.1, 0.15) is 81.1 Å². The van der Waals surface area contributed by atoms with Gasteiger partial charge < -0.3 is 10.6 Å². The molecule has 2 fully saturated rings. The van der Waals surface area contributed by atoms with Crippen LogP contribution in [0.4, 0.5) is 0 Å². The van der Waals surface area contributed by atoms with Crippen LogP contribution in [0, 0.1) is 10.8 Å². The summed E-state index contributed by atoms with van der Waals surface area (Å²) in [5.41, 5.74) is 1.00. The van der Waals surface area contributed by atoms with E-state index in [0.717, 1.165) is 0 Å². The van der Waals surface area contributed by atoms with E-state index in [2.05, 4.69) is 66.0 Å². The van der Waals surface area contributed by atoms with Gasteiger partial charge in [0.2, 0.25) is 0 Å². The minimum Gasteiger partial charge on any atom is -0.317 e. The Morgan fingerprint density at radius 3 is 0.667 bits per heavy atom. The fraction of sp³-hybridized carbons (Fsp3) is 1.00. The van der Waals surface area contributed by atoms with Crippen molar-refractivity contribution in [1.82, 2.24) is 10.6 Å². The molecular formula is C18H42BN2. The van der Waals surface area contributed by atoms with Gasteiger partial charge in [-0.15, -0.1) is 0 Å². The molecule has 0 unspecified atom stereocenters. The van der Waals surface area contributed by atoms with Gasteiger partial charge in [-0.1, -0.05) is 55.4 Å². The minimum absolute atomic E-state index is 0. The quantitative estimate of drug-likeness (QED) is 0.645. The molecule has 0 aliphatic carbocycles. The first kappa shape index (κ1) is 25.9. The summed E-state index contributed by atoms with van der Waals surface area (Å²) in [6.45, 7) is 22.5. The molecule has 0 aromatic carbocycles. The lowest BCUT2D eigenvalue weighted by molar-refractivity contribution is 0.469. The number of rotatable bonds is 0. The van der Waals surface area contributed by atoms with Crippen molar-refractivity contribution in [1.29, 1.82) is 0 Å². The molecule has 0 spiro atoms. The van der Waals surface area contributed by atoms with Crippen LogP contribution in [-0.4, -0.2) is 34.6 Å². The van der Waals surface area contributed by atoms with Crippen molar-refractivity contribution in [2.24, 2.45) is 10.8 Å². The van der Waals surface area contributed by atoms with E-state index in [1.54, 1.807) is 0 Å². The zero-order valence-electron chi connectivity index (χ0n) is 16.2. The Kier molecular flexibility index (Phi) is 18.4. The van der Waals surface area contributed by atoms with Gasteiger partial charge in [0.1, 0.15) is 0 Å². The first-order valence-corrected chi connectivity index (χ1v) is 8.41. The first-order chi connectivity index (χ1) is 9.00. The van der Waals surface area contributed by atoms with Gasteiger partial charge in [0, 0.05) is 8.41 Å². The van der Waals surface area contributed by atoms with Crippen LogP contribution < -0.4 is 10.6 Å². The Morgan fingerprint density at radius 1 is 0.476 bits per heavy atom. The van der Waals surface area contributed by atoms with Crippen molar-refractivity contribution < 1.29 is 0 Å². The molecule has 127 valence electrons. The van der Waals surface area contributed by atoms with E-state index < -0.39 is 0 Å². The molecule has 21 heavy (non-hydrogen) atoms. The van der Waals surface area contributed by atoms with E-state index in [-0.39, 0.29) is 8.41 Å². The normalized spacial score (nSPS) is 17.1. The summed E-state index contributed by atoms with van der Waals surface area (Å²) in [6.07, 6.45) is 5.56. The highest BCUT2D eigenvalue weighted by atomic mass is 14.9. The highest BCUT2D eigenvalue weighted by Crippen LogP contribution is 2.08. The fourth-order valence-electron chi connectivity index (χ4n) is 1.25. The third-order valence-electron chi connectivity index (χ3n) is 1.91. The number of hydrogen-bond acceptors (Lipinski definition) is 2.